The van der Waals surface area contributed by atoms with Gasteiger partial charge in [0, 0.05) is 46.2 Å². The lowest BCUT2D eigenvalue weighted by Crippen LogP contribution is -2.65. The summed E-state index contributed by atoms with van der Waals surface area (Å²) in [5, 5.41) is 130. The number of likely N-dealkylation sites (N-methyl/N-ethyl adjacent to an activating group) is 1. The van der Waals surface area contributed by atoms with Crippen LogP contribution in [-0.2, 0) is 65.7 Å². The summed E-state index contributed by atoms with van der Waals surface area (Å²) in [7, 11) is 1.47. The van der Waals surface area contributed by atoms with Gasteiger partial charge in [0.25, 0.3) is 0 Å². The highest BCUT2D eigenvalue weighted by molar-refractivity contribution is 6.42. The Balaban J connectivity index is 1.01. The second-order valence-corrected chi connectivity index (χ2v) is 31.5. The molecule has 0 spiro atoms. The third-order valence-electron chi connectivity index (χ3n) is 20.7. The number of ether oxygens (including phenoxy) is 7. The zero-order chi connectivity index (χ0) is 87.7. The van der Waals surface area contributed by atoms with Crippen molar-refractivity contribution in [2.45, 2.75) is 176 Å². The van der Waals surface area contributed by atoms with Crippen LogP contribution in [0.1, 0.15) is 112 Å². The van der Waals surface area contributed by atoms with E-state index in [1.54, 1.807) is 44.2 Å². The Morgan fingerprint density at radius 2 is 1.35 bits per heavy atom. The van der Waals surface area contributed by atoms with Crippen LogP contribution in [0.5, 0.6) is 51.7 Å². The number of hydrogen-bond acceptors (Lipinski definition) is 26. The Kier molecular flexibility index (Phi) is 29.4. The van der Waals surface area contributed by atoms with Gasteiger partial charge in [0.15, 0.2) is 29.9 Å². The number of halogens is 4. The number of aliphatic hydroxyl groups is 5. The molecule has 0 radical (unpaired) electrons. The average molecular weight is 1760 g/mol. The third kappa shape index (κ3) is 21.5. The molecule has 0 aliphatic carbocycles. The Morgan fingerprint density at radius 1 is 0.694 bits per heavy atom. The number of nitrogens with two attached hydrogens (primary N) is 1. The van der Waals surface area contributed by atoms with Crippen LogP contribution in [-0.4, -0.2) is 192 Å². The number of carboxylic acid groups (broad SMARTS) is 1. The molecule has 7 aromatic rings. The molecule has 13 rings (SSSR count). The highest BCUT2D eigenvalue weighted by atomic mass is 35.5. The standard InChI is InChI=1S/C81H88Cl4N12O24/c1-34(2)22-50(88-6)74(108)95-64-66(102)40-14-20-54(48(84)25-40)117-56-8-7-9-57(70(56)121-80-71(69(105)68(104)58(119-80)32-90-97-87)120-60-30-81(5,72(106)36(4)116-60)89-31-37-10-16-43(17-11-37)115-33-38-12-18-46(82)47(83)23-38)118-55-21-15-41(26-49(55)85)67(103)65-78(112)94-63(79(113)114)45-27-42(98)28-53(100)61(45)44-24-39(13-19-52(44)99)62(76(110)96-65)93-73(107)35(3)91-75(109)51(29-59(86)101)92-77(64)111/h7-21,23-28,34-36,50-51,58,60,62-69,71-72,80,88-89,98-100,102-106H,22,29-33H2,1-6H3,(H2,86,101)(H,91,109)(H,92,111)(H,93,107)(H,94,112)(H,95,108)(H,96,110)(H,113,114)/t35-,36?,50-,51+,58?,60?,62?,63+,64-,65+,66-,67-,68?,69?,71?,72?,80?,81?/m1/s1. The quantitative estimate of drug-likeness (QED) is 0.0221. The minimum atomic E-state index is -2.33. The maximum absolute atomic E-state index is 15.2. The molecule has 7 amide bonds. The van der Waals surface area contributed by atoms with Crippen molar-refractivity contribution in [1.29, 1.82) is 0 Å². The van der Waals surface area contributed by atoms with Gasteiger partial charge in [0.1, 0.15) is 95.7 Å². The van der Waals surface area contributed by atoms with Gasteiger partial charge in [-0.2, -0.15) is 0 Å². The van der Waals surface area contributed by atoms with Crippen molar-refractivity contribution in [3.05, 3.63) is 191 Å². The van der Waals surface area contributed by atoms with Crippen molar-refractivity contribution in [3.8, 4) is 62.9 Å². The van der Waals surface area contributed by atoms with Crippen molar-refractivity contribution in [2.24, 2.45) is 16.8 Å². The molecule has 0 saturated carbocycles. The van der Waals surface area contributed by atoms with E-state index in [1.165, 1.54) is 43.4 Å². The van der Waals surface area contributed by atoms with Crippen LogP contribution in [0.2, 0.25) is 20.1 Å². The molecule has 36 nitrogen and oxygen atoms in total. The molecule has 121 heavy (non-hydrogen) atoms. The summed E-state index contributed by atoms with van der Waals surface area (Å²) in [6.45, 7) is 7.78. The molecule has 40 heteroatoms. The zero-order valence-corrected chi connectivity index (χ0v) is 68.4. The first-order valence-corrected chi connectivity index (χ1v) is 39.4. The monoisotopic (exact) mass is 1750 g/mol. The van der Waals surface area contributed by atoms with E-state index in [0.29, 0.717) is 15.8 Å². The molecule has 6 aliphatic heterocycles. The number of aliphatic carboxylic acids is 1. The number of carbonyl (C=O) groups excluding carboxylic acids is 7. The first kappa shape index (κ1) is 90.7. The molecule has 6 heterocycles. The van der Waals surface area contributed by atoms with Crippen molar-refractivity contribution in [2.75, 3.05) is 13.6 Å². The van der Waals surface area contributed by atoms with Crippen molar-refractivity contribution in [1.82, 2.24) is 42.5 Å². The number of hydrogen-bond donors (Lipinski definition) is 18. The smallest absolute Gasteiger partial charge is 0.330 e. The van der Waals surface area contributed by atoms with Crippen molar-refractivity contribution < 1.29 is 117 Å². The van der Waals surface area contributed by atoms with Gasteiger partial charge in [-0.3, -0.25) is 33.6 Å². The number of nitrogens with zero attached hydrogens (tertiary/aromatic N) is 3. The number of aromatic hydroxyl groups is 3. The lowest BCUT2D eigenvalue weighted by molar-refractivity contribution is -0.331. The van der Waals surface area contributed by atoms with Crippen molar-refractivity contribution >= 4 is 93.7 Å². The van der Waals surface area contributed by atoms with Gasteiger partial charge >= 0.3 is 5.97 Å². The molecular formula is C81H88Cl4N12O24. The number of primary amides is 1. The first-order chi connectivity index (χ1) is 57.4. The van der Waals surface area contributed by atoms with Gasteiger partial charge in [0.2, 0.25) is 53.4 Å². The molecule has 0 aromatic heterocycles. The fourth-order valence-electron chi connectivity index (χ4n) is 14.2. The number of rotatable bonds is 20. The number of carboxylic acids is 1. The molecule has 7 aromatic carbocycles. The van der Waals surface area contributed by atoms with Crippen molar-refractivity contribution in [3.63, 3.8) is 0 Å². The molecule has 18 atom stereocenters. The van der Waals surface area contributed by atoms with Gasteiger partial charge in [-0.25, -0.2) is 4.79 Å². The predicted octanol–water partition coefficient (Wildman–Crippen LogP) is 6.47. The summed E-state index contributed by atoms with van der Waals surface area (Å²) < 4.78 is 45.1. The largest absolute Gasteiger partial charge is 0.508 e. The molecule has 2 fully saturated rings. The summed E-state index contributed by atoms with van der Waals surface area (Å²) in [5.41, 5.74) is 13.2. The SMILES string of the molecule is CN[C@H](CC(C)C)C(=O)N[C@H]1C(=O)N[C@@H](CC(N)=O)C(=O)N[C@H](C)C(=O)NC2C(=O)N[C@H](C(=O)N[C@H](C(=O)O)c3cc(O)cc(O)c3-c3cc2ccc3O)[C@H](O)c2ccc(c(Cl)c2)Oc2cccc(c2OC2OC(CN=[N+]=[N-])C(O)C(O)C2OC2CC(C)(NCc3ccc(OCc4ccc(Cl)c(Cl)c4)cc3)C(O)C(C)O2)Oc2ccc(cc2Cl)[C@H]1O. The van der Waals surface area contributed by atoms with Crippen LogP contribution in [0.3, 0.4) is 0 Å². The van der Waals surface area contributed by atoms with Gasteiger partial charge in [-0.15, -0.1) is 0 Å². The predicted molar refractivity (Wildman–Crippen MR) is 433 cm³/mol. The Labute approximate surface area is 710 Å². The fourth-order valence-corrected chi connectivity index (χ4v) is 15.0. The number of phenolic OH excluding ortho intramolecular Hbond substituents is 3. The molecule has 6 aliphatic rings. The highest BCUT2D eigenvalue weighted by Crippen LogP contribution is 2.49. The van der Waals surface area contributed by atoms with E-state index >= 15 is 9.59 Å². The summed E-state index contributed by atoms with van der Waals surface area (Å²) >= 11 is 26.5. The third-order valence-corrected chi connectivity index (χ3v) is 22.0. The molecule has 19 N–H and O–H groups in total. The minimum absolute atomic E-state index is 0.121. The number of nitrogens with one attached hydrogen (secondary N) is 8. The van der Waals surface area contributed by atoms with E-state index in [2.05, 4.69) is 52.6 Å². The molecular weight excluding hydrogens is 1670 g/mol. The van der Waals surface area contributed by atoms with Gasteiger partial charge < -0.3 is 127 Å². The van der Waals surface area contributed by atoms with E-state index in [-0.39, 0.29) is 76.6 Å². The van der Waals surface area contributed by atoms with Gasteiger partial charge in [0.05, 0.1) is 57.4 Å². The van der Waals surface area contributed by atoms with Crippen LogP contribution < -0.4 is 67.2 Å². The molecule has 644 valence electrons. The Hall–Kier alpha value is -11.0. The number of benzene rings is 7. The van der Waals surface area contributed by atoms with Crippen LogP contribution >= 0.6 is 46.4 Å². The maximum Gasteiger partial charge on any atom is 0.330 e. The van der Waals surface area contributed by atoms with E-state index in [0.717, 1.165) is 66.6 Å². The Bertz CT molecular complexity index is 5110. The first-order valence-electron chi connectivity index (χ1n) is 37.9. The fraction of sp³-hybridized carbons (Fsp3) is 0.383. The van der Waals surface area contributed by atoms with E-state index in [4.69, 9.17) is 85.3 Å². The molecule has 10 bridgehead atoms. The summed E-state index contributed by atoms with van der Waals surface area (Å²) in [6.07, 6.45) is -18.1. The number of azide groups is 1. The number of phenols is 3. The number of para-hydroxylation sites is 1. The highest BCUT2D eigenvalue weighted by Gasteiger charge is 2.52. The molecule has 10 unspecified atom stereocenters. The summed E-state index contributed by atoms with van der Waals surface area (Å²) in [5.74, 6) is -14.1. The second kappa shape index (κ2) is 39.2. The van der Waals surface area contributed by atoms with Crippen LogP contribution in [0, 0.1) is 5.92 Å². The van der Waals surface area contributed by atoms with Crippen LogP contribution in [0.25, 0.3) is 21.6 Å². The van der Waals surface area contributed by atoms with E-state index < -0.39 is 214 Å². The topological polar surface area (TPSA) is 554 Å². The average Bonchev–Trinajstić information content (AvgIpc) is 0.768. The van der Waals surface area contributed by atoms with Crippen LogP contribution in [0.15, 0.2) is 133 Å². The lowest BCUT2D eigenvalue weighted by Gasteiger charge is -2.48. The zero-order valence-electron chi connectivity index (χ0n) is 65.3. The van der Waals surface area contributed by atoms with Crippen LogP contribution in [0.4, 0.5) is 0 Å². The minimum Gasteiger partial charge on any atom is -0.508 e. The molecule has 2 saturated heterocycles. The lowest BCUT2D eigenvalue weighted by atomic mass is 9.84. The number of aliphatic hydroxyl groups excluding tert-OH is 5. The number of fused-ring (bicyclic) bond motifs is 6. The van der Waals surface area contributed by atoms with E-state index in [1.807, 2.05) is 26.0 Å². The second-order valence-electron chi connectivity index (χ2n) is 29.9. The van der Waals surface area contributed by atoms with Gasteiger partial charge in [-0.1, -0.05) is 108 Å². The maximum atomic E-state index is 15.2. The normalized spacial score (nSPS) is 26.2. The summed E-state index contributed by atoms with van der Waals surface area (Å²) in [4.78, 5) is 118. The number of amides is 7. The van der Waals surface area contributed by atoms with E-state index in [9.17, 15) is 80.3 Å². The summed E-state index contributed by atoms with van der Waals surface area (Å²) in [6, 6.07) is 14.5. The number of carbonyl (C=O) groups is 8. The van der Waals surface area contributed by atoms with Gasteiger partial charge in [-0.05, 0) is 152 Å². The Morgan fingerprint density at radius 3 is 1.97 bits per heavy atom.